The molecule has 3 heterocycles. The Balaban J connectivity index is 1.65. The summed E-state index contributed by atoms with van der Waals surface area (Å²) < 4.78 is 52.6. The van der Waals surface area contributed by atoms with E-state index in [2.05, 4.69) is 33.6 Å². The van der Waals surface area contributed by atoms with Crippen LogP contribution in [0.5, 0.6) is 0 Å². The molecular weight excluding hydrogens is 503 g/mol. The lowest BCUT2D eigenvalue weighted by Gasteiger charge is -2.19. The number of anilines is 1. The summed E-state index contributed by atoms with van der Waals surface area (Å²) >= 11 is 0. The fourth-order valence-corrected chi connectivity index (χ4v) is 5.77. The van der Waals surface area contributed by atoms with E-state index in [1.165, 1.54) is 24.3 Å². The molecule has 0 amide bonds. The predicted molar refractivity (Wildman–Crippen MR) is 100 cm³/mol. The van der Waals surface area contributed by atoms with Gasteiger partial charge in [0, 0.05) is 6.42 Å². The molecule has 0 spiro atoms. The van der Waals surface area contributed by atoms with Gasteiger partial charge in [-0.3, -0.25) is 13.9 Å². The zero-order valence-corrected chi connectivity index (χ0v) is 18.6. The number of nitrogens with zero attached hydrogens (tertiary/aromatic N) is 4. The highest BCUT2D eigenvalue weighted by Gasteiger charge is 2.43. The third-order valence-corrected chi connectivity index (χ3v) is 7.69. The molecule has 3 rings (SSSR count). The first kappa shape index (κ1) is 25.3. The van der Waals surface area contributed by atoms with E-state index < -0.39 is 48.5 Å². The second-order valence-electron chi connectivity index (χ2n) is 6.17. The molecule has 21 heteroatoms. The maximum atomic E-state index is 11.8. The molecule has 0 saturated carbocycles. The molecule has 32 heavy (non-hydrogen) atoms. The van der Waals surface area contributed by atoms with Gasteiger partial charge in [-0.05, 0) is 0 Å². The van der Waals surface area contributed by atoms with Gasteiger partial charge in [0.1, 0.15) is 18.7 Å². The molecule has 1 saturated heterocycles. The van der Waals surface area contributed by atoms with Crippen LogP contribution >= 0.6 is 23.5 Å². The third kappa shape index (κ3) is 6.36. The number of phosphoric acid groups is 3. The van der Waals surface area contributed by atoms with Crippen molar-refractivity contribution in [2.45, 2.75) is 24.9 Å². The number of phosphoric ester groups is 1. The molecular formula is C11H18N5O13P3. The highest BCUT2D eigenvalue weighted by molar-refractivity contribution is 7.66. The first-order chi connectivity index (χ1) is 14.8. The van der Waals surface area contributed by atoms with Gasteiger partial charge < -0.3 is 29.4 Å². The molecule has 2 aromatic rings. The summed E-state index contributed by atoms with van der Waals surface area (Å²) in [6, 6.07) is 0. The molecule has 180 valence electrons. The van der Waals surface area contributed by atoms with Crippen molar-refractivity contribution in [3.8, 4) is 0 Å². The van der Waals surface area contributed by atoms with Crippen molar-refractivity contribution in [3.05, 3.63) is 12.7 Å². The Hall–Kier alpha value is -1.36. The zero-order chi connectivity index (χ0) is 23.7. The molecule has 18 nitrogen and oxygen atoms in total. The summed E-state index contributed by atoms with van der Waals surface area (Å²) in [4.78, 5) is 52.7. The van der Waals surface area contributed by atoms with Crippen LogP contribution in [0.4, 0.5) is 5.82 Å². The SMILES string of the molecule is CONc1ncnc2c1ncn2[C@H]1C[C@H](O)[C@@H](COP(=O)(O)OP(=O)(O)OP(=O)(O)O)O1. The number of hydrogen-bond donors (Lipinski definition) is 6. The number of hydrogen-bond acceptors (Lipinski definition) is 13. The molecule has 0 radical (unpaired) electrons. The van der Waals surface area contributed by atoms with Gasteiger partial charge in [-0.25, -0.2) is 34.1 Å². The molecule has 0 aliphatic carbocycles. The molecule has 0 bridgehead atoms. The summed E-state index contributed by atoms with van der Waals surface area (Å²) in [6.45, 7) is -0.792. The van der Waals surface area contributed by atoms with Gasteiger partial charge in [0.2, 0.25) is 0 Å². The van der Waals surface area contributed by atoms with Crippen LogP contribution in [0, 0.1) is 0 Å². The van der Waals surface area contributed by atoms with Gasteiger partial charge in [-0.15, -0.1) is 0 Å². The van der Waals surface area contributed by atoms with Gasteiger partial charge >= 0.3 is 23.5 Å². The van der Waals surface area contributed by atoms with Crippen molar-refractivity contribution in [2.24, 2.45) is 0 Å². The maximum absolute atomic E-state index is 11.8. The van der Waals surface area contributed by atoms with Gasteiger partial charge in [0.25, 0.3) is 0 Å². The zero-order valence-electron chi connectivity index (χ0n) is 15.9. The number of ether oxygens (including phenoxy) is 1. The van der Waals surface area contributed by atoms with Crippen LogP contribution in [0.15, 0.2) is 12.7 Å². The third-order valence-electron chi connectivity index (χ3n) is 3.89. The normalized spacial score (nSPS) is 25.5. The molecule has 1 aliphatic rings. The number of rotatable bonds is 10. The Kier molecular flexibility index (Phi) is 7.49. The van der Waals surface area contributed by atoms with E-state index in [-0.39, 0.29) is 12.2 Å². The second kappa shape index (κ2) is 9.48. The van der Waals surface area contributed by atoms with Crippen LogP contribution in [0.25, 0.3) is 11.2 Å². The van der Waals surface area contributed by atoms with Crippen molar-refractivity contribution < 1.29 is 61.1 Å². The number of aromatic nitrogens is 4. The second-order valence-corrected chi connectivity index (χ2v) is 10.6. The highest BCUT2D eigenvalue weighted by atomic mass is 31.3. The van der Waals surface area contributed by atoms with Crippen LogP contribution in [0.1, 0.15) is 12.6 Å². The van der Waals surface area contributed by atoms with E-state index >= 15 is 0 Å². The van der Waals surface area contributed by atoms with E-state index in [1.54, 1.807) is 0 Å². The van der Waals surface area contributed by atoms with Gasteiger partial charge in [-0.1, -0.05) is 0 Å². The summed E-state index contributed by atoms with van der Waals surface area (Å²) in [6.07, 6.45) is -0.631. The van der Waals surface area contributed by atoms with Crippen LogP contribution in [0.3, 0.4) is 0 Å². The molecule has 1 fully saturated rings. The Labute approximate surface area is 178 Å². The predicted octanol–water partition coefficient (Wildman–Crippen LogP) is -0.209. The van der Waals surface area contributed by atoms with Gasteiger partial charge in [0.05, 0.1) is 26.1 Å². The first-order valence-electron chi connectivity index (χ1n) is 8.38. The molecule has 6 N–H and O–H groups in total. The maximum Gasteiger partial charge on any atom is 0.490 e. The Bertz CT molecular complexity index is 1110. The van der Waals surface area contributed by atoms with E-state index in [1.807, 2.05) is 0 Å². The molecule has 2 unspecified atom stereocenters. The van der Waals surface area contributed by atoms with E-state index in [0.29, 0.717) is 11.2 Å². The number of nitrogens with one attached hydrogen (secondary N) is 1. The van der Waals surface area contributed by atoms with Gasteiger partial charge in [0.15, 0.2) is 17.0 Å². The fraction of sp³-hybridized carbons (Fsp3) is 0.545. The van der Waals surface area contributed by atoms with E-state index in [0.717, 1.165) is 0 Å². The minimum atomic E-state index is -5.65. The average molecular weight is 521 g/mol. The summed E-state index contributed by atoms with van der Waals surface area (Å²) in [7, 11) is -15.1. The molecule has 2 aromatic heterocycles. The molecule has 5 atom stereocenters. The summed E-state index contributed by atoms with van der Waals surface area (Å²) in [5, 5.41) is 10.2. The minimum absolute atomic E-state index is 0.00702. The number of imidazole rings is 1. The number of aliphatic hydroxyl groups is 1. The Morgan fingerprint density at radius 1 is 1.16 bits per heavy atom. The Morgan fingerprint density at radius 2 is 1.88 bits per heavy atom. The van der Waals surface area contributed by atoms with Crippen LogP contribution in [0.2, 0.25) is 0 Å². The smallest absolute Gasteiger partial charge is 0.390 e. The van der Waals surface area contributed by atoms with Crippen molar-refractivity contribution in [1.29, 1.82) is 0 Å². The number of fused-ring (bicyclic) bond motifs is 1. The van der Waals surface area contributed by atoms with Crippen LogP contribution in [-0.2, 0) is 36.4 Å². The van der Waals surface area contributed by atoms with Crippen LogP contribution in [-0.4, -0.2) is 70.1 Å². The quantitative estimate of drug-likeness (QED) is 0.175. The lowest BCUT2D eigenvalue weighted by molar-refractivity contribution is -0.0423. The van der Waals surface area contributed by atoms with Crippen molar-refractivity contribution in [2.75, 3.05) is 19.2 Å². The molecule has 1 aliphatic heterocycles. The number of aliphatic hydroxyl groups excluding tert-OH is 1. The van der Waals surface area contributed by atoms with Gasteiger partial charge in [-0.2, -0.15) is 8.62 Å². The summed E-state index contributed by atoms with van der Waals surface area (Å²) in [5.41, 5.74) is 3.19. The van der Waals surface area contributed by atoms with Crippen molar-refractivity contribution >= 4 is 40.4 Å². The molecule has 0 aromatic carbocycles. The average Bonchev–Trinajstić information content (AvgIpc) is 3.21. The largest absolute Gasteiger partial charge is 0.490 e. The van der Waals surface area contributed by atoms with Crippen LogP contribution < -0.4 is 5.48 Å². The lowest BCUT2D eigenvalue weighted by atomic mass is 10.2. The Morgan fingerprint density at radius 3 is 2.53 bits per heavy atom. The summed E-state index contributed by atoms with van der Waals surface area (Å²) in [5.74, 6) is 0.277. The minimum Gasteiger partial charge on any atom is -0.390 e. The highest BCUT2D eigenvalue weighted by Crippen LogP contribution is 2.66. The van der Waals surface area contributed by atoms with E-state index in [4.69, 9.17) is 24.3 Å². The first-order valence-corrected chi connectivity index (χ1v) is 12.9. The topological polar surface area (TPSA) is 254 Å². The fourth-order valence-electron chi connectivity index (χ4n) is 2.74. The monoisotopic (exact) mass is 521 g/mol. The van der Waals surface area contributed by atoms with E-state index in [9.17, 15) is 23.7 Å². The standard InChI is InChI=1S/C11H18N5O13P3/c1-25-15-10-9-11(13-4-12-10)16(5-14-9)8-2-6(17)7(27-8)3-26-31(21,22)29-32(23,24)28-30(18,19)20/h4-8,17H,2-3H2,1H3,(H,21,22)(H,23,24)(H,12,13,15)(H2,18,19,20)/t6-,7+,8+/m0/s1. The van der Waals surface area contributed by atoms with Crippen molar-refractivity contribution in [1.82, 2.24) is 19.5 Å². The lowest BCUT2D eigenvalue weighted by Crippen LogP contribution is -2.26. The van der Waals surface area contributed by atoms with Crippen molar-refractivity contribution in [3.63, 3.8) is 0 Å².